The first kappa shape index (κ1) is 15.0. The van der Waals surface area contributed by atoms with E-state index in [2.05, 4.69) is 19.2 Å². The number of carbonyl (C=O) groups excluding carboxylic acids is 1. The van der Waals surface area contributed by atoms with Crippen LogP contribution in [0.5, 0.6) is 5.75 Å². The maximum absolute atomic E-state index is 12.7. The molecule has 0 aromatic heterocycles. The Morgan fingerprint density at radius 2 is 2.10 bits per heavy atom. The van der Waals surface area contributed by atoms with Gasteiger partial charge in [0.05, 0.1) is 13.2 Å². The van der Waals surface area contributed by atoms with Crippen molar-refractivity contribution in [2.45, 2.75) is 52.0 Å². The van der Waals surface area contributed by atoms with Crippen molar-refractivity contribution in [3.63, 3.8) is 0 Å². The lowest BCUT2D eigenvalue weighted by Gasteiger charge is -2.24. The summed E-state index contributed by atoms with van der Waals surface area (Å²) < 4.78 is 5.44. The van der Waals surface area contributed by atoms with Gasteiger partial charge in [0, 0.05) is 5.56 Å². The molecule has 3 nitrogen and oxygen atoms in total. The summed E-state index contributed by atoms with van der Waals surface area (Å²) in [5, 5.41) is 3.34. The first-order chi connectivity index (χ1) is 9.54. The van der Waals surface area contributed by atoms with Crippen LogP contribution >= 0.6 is 0 Å². The van der Waals surface area contributed by atoms with Gasteiger partial charge in [-0.3, -0.25) is 4.79 Å². The fraction of sp³-hybridized carbons (Fsp3) is 0.588. The van der Waals surface area contributed by atoms with Crippen LogP contribution in [-0.4, -0.2) is 25.5 Å². The van der Waals surface area contributed by atoms with E-state index in [1.807, 2.05) is 19.1 Å². The second-order valence-corrected chi connectivity index (χ2v) is 5.93. The first-order valence-corrected chi connectivity index (χ1v) is 7.50. The maximum Gasteiger partial charge on any atom is 0.180 e. The number of aryl methyl sites for hydroxylation is 1. The molecule has 0 amide bonds. The van der Waals surface area contributed by atoms with Crippen molar-refractivity contribution in [2.75, 3.05) is 13.7 Å². The number of rotatable bonds is 4. The Morgan fingerprint density at radius 1 is 1.35 bits per heavy atom. The van der Waals surface area contributed by atoms with Crippen LogP contribution in [0.25, 0.3) is 0 Å². The van der Waals surface area contributed by atoms with E-state index >= 15 is 0 Å². The second kappa shape index (κ2) is 6.40. The number of Topliss-reactive ketones (excluding diaryl/α,β-unsaturated/α-hetero) is 1. The zero-order chi connectivity index (χ0) is 14.7. The summed E-state index contributed by atoms with van der Waals surface area (Å²) in [6.07, 6.45) is 3.25. The smallest absolute Gasteiger partial charge is 0.180 e. The lowest BCUT2D eigenvalue weighted by Crippen LogP contribution is -2.40. The van der Waals surface area contributed by atoms with E-state index in [4.69, 9.17) is 4.74 Å². The van der Waals surface area contributed by atoms with E-state index in [1.165, 1.54) is 6.42 Å². The summed E-state index contributed by atoms with van der Waals surface area (Å²) >= 11 is 0. The number of hydrogen-bond donors (Lipinski definition) is 1. The van der Waals surface area contributed by atoms with Gasteiger partial charge in [-0.05, 0) is 55.5 Å². The molecule has 2 rings (SSSR count). The van der Waals surface area contributed by atoms with E-state index in [0.29, 0.717) is 5.92 Å². The number of benzene rings is 1. The molecule has 1 atom stereocenters. The highest BCUT2D eigenvalue weighted by Gasteiger charge is 2.24. The summed E-state index contributed by atoms with van der Waals surface area (Å²) in [6, 6.07) is 4.00. The third-order valence-electron chi connectivity index (χ3n) is 4.09. The van der Waals surface area contributed by atoms with Crippen LogP contribution in [0, 0.1) is 6.92 Å². The highest BCUT2D eigenvalue weighted by molar-refractivity contribution is 6.01. The van der Waals surface area contributed by atoms with Gasteiger partial charge in [0.1, 0.15) is 5.75 Å². The summed E-state index contributed by atoms with van der Waals surface area (Å²) in [4.78, 5) is 12.7. The van der Waals surface area contributed by atoms with Crippen molar-refractivity contribution in [2.24, 2.45) is 0 Å². The van der Waals surface area contributed by atoms with Crippen molar-refractivity contribution in [3.8, 4) is 5.75 Å². The van der Waals surface area contributed by atoms with Crippen molar-refractivity contribution in [1.82, 2.24) is 5.32 Å². The van der Waals surface area contributed by atoms with Crippen molar-refractivity contribution in [3.05, 3.63) is 28.8 Å². The number of methoxy groups -OCH3 is 1. The van der Waals surface area contributed by atoms with Crippen molar-refractivity contribution < 1.29 is 9.53 Å². The topological polar surface area (TPSA) is 38.3 Å². The van der Waals surface area contributed by atoms with Gasteiger partial charge in [-0.15, -0.1) is 0 Å². The van der Waals surface area contributed by atoms with Crippen LogP contribution in [0.4, 0.5) is 0 Å². The molecule has 0 spiro atoms. The minimum Gasteiger partial charge on any atom is -0.496 e. The van der Waals surface area contributed by atoms with Gasteiger partial charge in [-0.25, -0.2) is 0 Å². The number of nitrogens with one attached hydrogen (secondary N) is 1. The monoisotopic (exact) mass is 275 g/mol. The molecule has 1 N–H and O–H groups in total. The van der Waals surface area contributed by atoms with Gasteiger partial charge in [0.2, 0.25) is 0 Å². The zero-order valence-corrected chi connectivity index (χ0v) is 13.0. The lowest BCUT2D eigenvalue weighted by molar-refractivity contribution is 0.0926. The lowest BCUT2D eigenvalue weighted by atomic mass is 9.90. The molecule has 20 heavy (non-hydrogen) atoms. The van der Waals surface area contributed by atoms with Crippen LogP contribution < -0.4 is 10.1 Å². The molecular weight excluding hydrogens is 250 g/mol. The molecule has 0 bridgehead atoms. The Kier molecular flexibility index (Phi) is 4.81. The standard InChI is InChI=1S/C17H25NO2/c1-11(2)13-10-14(12(3)9-16(13)20-4)17(19)15-7-5-6-8-18-15/h9-11,15,18H,5-8H2,1-4H3. The molecule has 1 aliphatic rings. The number of ketones is 1. The number of piperidine rings is 1. The first-order valence-electron chi connectivity index (χ1n) is 7.50. The SMILES string of the molecule is COc1cc(C)c(C(=O)C2CCCCN2)cc1C(C)C. The molecule has 1 aliphatic heterocycles. The van der Waals surface area contributed by atoms with Gasteiger partial charge in [-0.1, -0.05) is 20.3 Å². The van der Waals surface area contributed by atoms with E-state index in [0.717, 1.165) is 41.8 Å². The Hall–Kier alpha value is -1.35. The molecule has 1 aromatic rings. The van der Waals surface area contributed by atoms with Crippen LogP contribution in [0.3, 0.4) is 0 Å². The number of ether oxygens (including phenoxy) is 1. The van der Waals surface area contributed by atoms with Crippen LogP contribution in [-0.2, 0) is 0 Å². The fourth-order valence-corrected chi connectivity index (χ4v) is 2.85. The van der Waals surface area contributed by atoms with Crippen molar-refractivity contribution >= 4 is 5.78 Å². The Morgan fingerprint density at radius 3 is 2.65 bits per heavy atom. The molecule has 1 unspecified atom stereocenters. The van der Waals surface area contributed by atoms with E-state index in [-0.39, 0.29) is 11.8 Å². The highest BCUT2D eigenvalue weighted by Crippen LogP contribution is 2.30. The molecule has 1 fully saturated rings. The number of carbonyl (C=O) groups is 1. The van der Waals surface area contributed by atoms with E-state index in [1.54, 1.807) is 7.11 Å². The third-order valence-corrected chi connectivity index (χ3v) is 4.09. The Balaban J connectivity index is 2.35. The van der Waals surface area contributed by atoms with Crippen LogP contribution in [0.2, 0.25) is 0 Å². The van der Waals surface area contributed by atoms with Gasteiger partial charge in [0.25, 0.3) is 0 Å². The average molecular weight is 275 g/mol. The summed E-state index contributed by atoms with van der Waals surface area (Å²) in [5.41, 5.74) is 2.95. The van der Waals surface area contributed by atoms with Crippen LogP contribution in [0.1, 0.15) is 60.5 Å². The molecule has 0 saturated carbocycles. The summed E-state index contributed by atoms with van der Waals surface area (Å²) in [6.45, 7) is 7.19. The fourth-order valence-electron chi connectivity index (χ4n) is 2.85. The molecule has 0 aliphatic carbocycles. The molecule has 1 saturated heterocycles. The molecule has 0 radical (unpaired) electrons. The van der Waals surface area contributed by atoms with Crippen LogP contribution in [0.15, 0.2) is 12.1 Å². The quantitative estimate of drug-likeness (QED) is 0.855. The number of hydrogen-bond acceptors (Lipinski definition) is 3. The largest absolute Gasteiger partial charge is 0.496 e. The molecule has 1 aromatic carbocycles. The normalized spacial score (nSPS) is 19.1. The minimum atomic E-state index is -0.0177. The van der Waals surface area contributed by atoms with Gasteiger partial charge < -0.3 is 10.1 Å². The predicted octanol–water partition coefficient (Wildman–Crippen LogP) is 3.45. The van der Waals surface area contributed by atoms with E-state index < -0.39 is 0 Å². The zero-order valence-electron chi connectivity index (χ0n) is 13.0. The predicted molar refractivity (Wildman–Crippen MR) is 81.8 cm³/mol. The Bertz CT molecular complexity index is 488. The molecular formula is C17H25NO2. The van der Waals surface area contributed by atoms with E-state index in [9.17, 15) is 4.79 Å². The highest BCUT2D eigenvalue weighted by atomic mass is 16.5. The Labute approximate surface area is 121 Å². The van der Waals surface area contributed by atoms with Gasteiger partial charge >= 0.3 is 0 Å². The second-order valence-electron chi connectivity index (χ2n) is 5.93. The molecule has 1 heterocycles. The maximum atomic E-state index is 12.7. The third kappa shape index (κ3) is 3.04. The molecule has 3 heteroatoms. The molecule has 110 valence electrons. The summed E-state index contributed by atoms with van der Waals surface area (Å²) in [5.74, 6) is 1.45. The van der Waals surface area contributed by atoms with Gasteiger partial charge in [-0.2, -0.15) is 0 Å². The van der Waals surface area contributed by atoms with Crippen molar-refractivity contribution in [1.29, 1.82) is 0 Å². The minimum absolute atomic E-state index is 0.0177. The summed E-state index contributed by atoms with van der Waals surface area (Å²) in [7, 11) is 1.69. The average Bonchev–Trinajstić information content (AvgIpc) is 2.46. The van der Waals surface area contributed by atoms with Gasteiger partial charge in [0.15, 0.2) is 5.78 Å².